The molecule has 1 rings (SSSR count). The van der Waals surface area contributed by atoms with Crippen LogP contribution in [0.4, 0.5) is 0 Å². The van der Waals surface area contributed by atoms with E-state index >= 15 is 0 Å². The number of likely N-dealkylation sites (N-methyl/N-ethyl adjacent to an activating group) is 1. The van der Waals surface area contributed by atoms with E-state index in [1.54, 1.807) is 0 Å². The van der Waals surface area contributed by atoms with Gasteiger partial charge in [-0.2, -0.15) is 12.6 Å². The summed E-state index contributed by atoms with van der Waals surface area (Å²) in [5.41, 5.74) is 0. The number of rotatable bonds is 2. The fourth-order valence-corrected chi connectivity index (χ4v) is 1.68. The maximum absolute atomic E-state index is 5.53. The van der Waals surface area contributed by atoms with E-state index < -0.39 is 0 Å². The maximum atomic E-state index is 5.53. The normalized spacial score (nSPS) is 28.8. The smallest absolute Gasteiger partial charge is 0.0634 e. The van der Waals surface area contributed by atoms with E-state index in [1.165, 1.54) is 0 Å². The molecule has 0 aromatic heterocycles. The Kier molecular flexibility index (Phi) is 4.52. The number of ether oxygens (including phenoxy) is 1. The minimum atomic E-state index is 0.323. The molecule has 0 aliphatic carbocycles. The third-order valence-electron chi connectivity index (χ3n) is 2.54. The molecule has 78 valence electrons. The highest BCUT2D eigenvalue weighted by atomic mass is 32.1. The summed E-state index contributed by atoms with van der Waals surface area (Å²) in [4.78, 5) is 4.56. The van der Waals surface area contributed by atoms with Crippen molar-refractivity contribution in [1.82, 2.24) is 9.80 Å². The molecular weight excluding hydrogens is 184 g/mol. The molecule has 0 amide bonds. The van der Waals surface area contributed by atoms with Gasteiger partial charge in [-0.3, -0.25) is 4.90 Å². The maximum Gasteiger partial charge on any atom is 0.0634 e. The van der Waals surface area contributed by atoms with E-state index in [9.17, 15) is 0 Å². The molecule has 0 spiro atoms. The predicted molar refractivity (Wildman–Crippen MR) is 58.3 cm³/mol. The second kappa shape index (κ2) is 5.20. The Morgan fingerprint density at radius 3 is 2.77 bits per heavy atom. The first kappa shape index (κ1) is 11.3. The van der Waals surface area contributed by atoms with Gasteiger partial charge in [0.25, 0.3) is 0 Å². The standard InChI is InChI=1S/C9H20N2OS/c1-8(13)11-4-5-12-7-9(6-11)10(2)3/h8-9,13H,4-7H2,1-3H3/t8?,9-/m1/s1. The Balaban J connectivity index is 2.49. The van der Waals surface area contributed by atoms with Crippen LogP contribution < -0.4 is 0 Å². The molecule has 1 saturated heterocycles. The van der Waals surface area contributed by atoms with Crippen LogP contribution in [0.25, 0.3) is 0 Å². The van der Waals surface area contributed by atoms with Crippen molar-refractivity contribution in [3.8, 4) is 0 Å². The summed E-state index contributed by atoms with van der Waals surface area (Å²) < 4.78 is 5.53. The molecule has 2 atom stereocenters. The van der Waals surface area contributed by atoms with E-state index in [2.05, 4.69) is 43.4 Å². The summed E-state index contributed by atoms with van der Waals surface area (Å²) in [5.74, 6) is 0. The monoisotopic (exact) mass is 204 g/mol. The second-order valence-corrected chi connectivity index (χ2v) is 4.57. The Morgan fingerprint density at radius 1 is 1.54 bits per heavy atom. The first-order chi connectivity index (χ1) is 6.11. The summed E-state index contributed by atoms with van der Waals surface area (Å²) in [6.45, 7) is 5.83. The topological polar surface area (TPSA) is 15.7 Å². The highest BCUT2D eigenvalue weighted by Crippen LogP contribution is 2.09. The first-order valence-corrected chi connectivity index (χ1v) is 5.29. The van der Waals surface area contributed by atoms with Gasteiger partial charge in [0.05, 0.1) is 18.6 Å². The average Bonchev–Trinajstić information content (AvgIpc) is 2.28. The molecule has 13 heavy (non-hydrogen) atoms. The molecule has 1 unspecified atom stereocenters. The summed E-state index contributed by atoms with van der Waals surface area (Å²) in [5, 5.41) is 0.323. The summed E-state index contributed by atoms with van der Waals surface area (Å²) in [7, 11) is 4.20. The van der Waals surface area contributed by atoms with Crippen LogP contribution >= 0.6 is 12.6 Å². The summed E-state index contributed by atoms with van der Waals surface area (Å²) >= 11 is 4.45. The lowest BCUT2D eigenvalue weighted by Gasteiger charge is -2.29. The van der Waals surface area contributed by atoms with Crippen molar-refractivity contribution in [3.05, 3.63) is 0 Å². The Morgan fingerprint density at radius 2 is 2.23 bits per heavy atom. The van der Waals surface area contributed by atoms with Gasteiger partial charge in [-0.1, -0.05) is 0 Å². The molecule has 1 aliphatic rings. The molecule has 4 heteroatoms. The SMILES string of the molecule is CC(S)N1CCOC[C@H](N(C)C)C1. The lowest BCUT2D eigenvalue weighted by molar-refractivity contribution is 0.103. The highest BCUT2D eigenvalue weighted by molar-refractivity contribution is 7.80. The Hall–Kier alpha value is 0.230. The number of hydrogen-bond donors (Lipinski definition) is 1. The van der Waals surface area contributed by atoms with Crippen molar-refractivity contribution in [3.63, 3.8) is 0 Å². The molecule has 1 fully saturated rings. The Labute approximate surface area is 86.4 Å². The second-order valence-electron chi connectivity index (χ2n) is 3.82. The molecule has 0 N–H and O–H groups in total. The lowest BCUT2D eigenvalue weighted by atomic mass is 10.2. The van der Waals surface area contributed by atoms with E-state index in [0.29, 0.717) is 11.4 Å². The number of hydrogen-bond acceptors (Lipinski definition) is 4. The van der Waals surface area contributed by atoms with Crippen LogP contribution in [0.3, 0.4) is 0 Å². The van der Waals surface area contributed by atoms with E-state index in [-0.39, 0.29) is 0 Å². The minimum absolute atomic E-state index is 0.323. The molecule has 3 nitrogen and oxygen atoms in total. The van der Waals surface area contributed by atoms with Gasteiger partial charge in [0.15, 0.2) is 0 Å². The van der Waals surface area contributed by atoms with Crippen LogP contribution in [0, 0.1) is 0 Å². The van der Waals surface area contributed by atoms with Crippen LogP contribution in [0.2, 0.25) is 0 Å². The van der Waals surface area contributed by atoms with Gasteiger partial charge in [0.1, 0.15) is 0 Å². The van der Waals surface area contributed by atoms with E-state index in [4.69, 9.17) is 4.74 Å². The van der Waals surface area contributed by atoms with E-state index in [0.717, 1.165) is 26.3 Å². The molecule has 0 saturated carbocycles. The van der Waals surface area contributed by atoms with Gasteiger partial charge in [-0.15, -0.1) is 0 Å². The van der Waals surface area contributed by atoms with Gasteiger partial charge in [-0.05, 0) is 21.0 Å². The minimum Gasteiger partial charge on any atom is -0.378 e. The van der Waals surface area contributed by atoms with Gasteiger partial charge in [0, 0.05) is 19.1 Å². The predicted octanol–water partition coefficient (Wildman–Crippen LogP) is 0.525. The third kappa shape index (κ3) is 3.46. The van der Waals surface area contributed by atoms with E-state index in [1.807, 2.05) is 0 Å². The molecule has 0 radical (unpaired) electrons. The van der Waals surface area contributed by atoms with Crippen LogP contribution in [-0.2, 0) is 4.74 Å². The Bertz CT molecular complexity index is 137. The zero-order chi connectivity index (χ0) is 9.84. The zero-order valence-corrected chi connectivity index (χ0v) is 9.63. The van der Waals surface area contributed by atoms with Crippen molar-refractivity contribution >= 4 is 12.6 Å². The van der Waals surface area contributed by atoms with Crippen molar-refractivity contribution in [2.24, 2.45) is 0 Å². The average molecular weight is 204 g/mol. The van der Waals surface area contributed by atoms with Gasteiger partial charge >= 0.3 is 0 Å². The largest absolute Gasteiger partial charge is 0.378 e. The van der Waals surface area contributed by atoms with Crippen LogP contribution in [-0.4, -0.2) is 61.6 Å². The quantitative estimate of drug-likeness (QED) is 0.661. The van der Waals surface area contributed by atoms with Gasteiger partial charge in [0.2, 0.25) is 0 Å². The number of thiol groups is 1. The summed E-state index contributed by atoms with van der Waals surface area (Å²) in [6.07, 6.45) is 0. The molecule has 1 aliphatic heterocycles. The number of nitrogens with zero attached hydrogens (tertiary/aromatic N) is 2. The van der Waals surface area contributed by atoms with Crippen molar-refractivity contribution < 1.29 is 4.74 Å². The first-order valence-electron chi connectivity index (χ1n) is 4.77. The molecule has 0 bridgehead atoms. The fraction of sp³-hybridized carbons (Fsp3) is 1.00. The summed E-state index contributed by atoms with van der Waals surface area (Å²) in [6, 6.07) is 0.497. The molecule has 1 heterocycles. The van der Waals surface area contributed by atoms with Gasteiger partial charge < -0.3 is 9.64 Å². The van der Waals surface area contributed by atoms with Crippen molar-refractivity contribution in [2.45, 2.75) is 18.3 Å². The van der Waals surface area contributed by atoms with Crippen molar-refractivity contribution in [2.75, 3.05) is 40.4 Å². The molecular formula is C9H20N2OS. The van der Waals surface area contributed by atoms with Crippen molar-refractivity contribution in [1.29, 1.82) is 0 Å². The van der Waals surface area contributed by atoms with Crippen LogP contribution in [0.15, 0.2) is 0 Å². The highest BCUT2D eigenvalue weighted by Gasteiger charge is 2.21. The van der Waals surface area contributed by atoms with Crippen LogP contribution in [0.1, 0.15) is 6.92 Å². The zero-order valence-electron chi connectivity index (χ0n) is 8.73. The molecule has 0 aromatic carbocycles. The third-order valence-corrected chi connectivity index (χ3v) is 2.86. The van der Waals surface area contributed by atoms with Crippen LogP contribution in [0.5, 0.6) is 0 Å². The fourth-order valence-electron chi connectivity index (χ4n) is 1.47. The lowest BCUT2D eigenvalue weighted by Crippen LogP contribution is -2.43. The van der Waals surface area contributed by atoms with Gasteiger partial charge in [-0.25, -0.2) is 0 Å². The molecule has 0 aromatic rings.